The fraction of sp³-hybridized carbons (Fsp3) is 0.250. The molecule has 3 heteroatoms. The van der Waals surface area contributed by atoms with E-state index in [2.05, 4.69) is 29.3 Å². The van der Waals surface area contributed by atoms with E-state index < -0.39 is 0 Å². The zero-order valence-electron chi connectivity index (χ0n) is 10.8. The van der Waals surface area contributed by atoms with Crippen molar-refractivity contribution in [1.29, 1.82) is 5.26 Å². The van der Waals surface area contributed by atoms with Gasteiger partial charge in [0.1, 0.15) is 11.1 Å². The second-order valence-electron chi connectivity index (χ2n) is 4.80. The van der Waals surface area contributed by atoms with Gasteiger partial charge in [0.25, 0.3) is 0 Å². The summed E-state index contributed by atoms with van der Waals surface area (Å²) in [6.07, 6.45) is 3.64. The molecule has 0 fully saturated rings. The fourth-order valence-corrected chi connectivity index (χ4v) is 3.39. The van der Waals surface area contributed by atoms with Crippen molar-refractivity contribution in [3.8, 4) is 6.07 Å². The van der Waals surface area contributed by atoms with Gasteiger partial charge in [-0.05, 0) is 61.6 Å². The molecular formula is C16H14N2S. The van der Waals surface area contributed by atoms with Gasteiger partial charge in [-0.2, -0.15) is 5.26 Å². The van der Waals surface area contributed by atoms with E-state index >= 15 is 0 Å². The maximum Gasteiger partial charge on any atom is 0.119 e. The van der Waals surface area contributed by atoms with Crippen LogP contribution in [-0.2, 0) is 12.8 Å². The summed E-state index contributed by atoms with van der Waals surface area (Å²) in [4.78, 5) is 5.65. The van der Waals surface area contributed by atoms with Crippen molar-refractivity contribution < 1.29 is 0 Å². The third-order valence-corrected chi connectivity index (χ3v) is 4.40. The Kier molecular flexibility index (Phi) is 3.27. The molecule has 0 amide bonds. The number of nitrogens with zero attached hydrogens (tertiary/aromatic N) is 2. The Morgan fingerprint density at radius 1 is 1.16 bits per heavy atom. The van der Waals surface area contributed by atoms with Crippen LogP contribution in [-0.4, -0.2) is 4.98 Å². The Morgan fingerprint density at radius 2 is 2.00 bits per heavy atom. The lowest BCUT2D eigenvalue weighted by Gasteiger charge is -2.06. The van der Waals surface area contributed by atoms with Crippen LogP contribution in [0.3, 0.4) is 0 Å². The van der Waals surface area contributed by atoms with Gasteiger partial charge < -0.3 is 0 Å². The van der Waals surface area contributed by atoms with Gasteiger partial charge >= 0.3 is 0 Å². The van der Waals surface area contributed by atoms with E-state index in [1.54, 1.807) is 11.8 Å². The Hall–Kier alpha value is -1.79. The highest BCUT2D eigenvalue weighted by atomic mass is 32.2. The SMILES string of the molecule is Cc1ccc(C#N)c(Sc2ccc3c(c2)CCC3)n1. The first-order valence-electron chi connectivity index (χ1n) is 6.43. The van der Waals surface area contributed by atoms with E-state index in [9.17, 15) is 0 Å². The molecule has 3 rings (SSSR count). The van der Waals surface area contributed by atoms with Crippen molar-refractivity contribution in [3.05, 3.63) is 52.7 Å². The minimum absolute atomic E-state index is 0.649. The molecule has 1 aliphatic carbocycles. The average Bonchev–Trinajstić information content (AvgIpc) is 2.86. The van der Waals surface area contributed by atoms with E-state index in [0.717, 1.165) is 10.7 Å². The minimum atomic E-state index is 0.649. The van der Waals surface area contributed by atoms with Crippen molar-refractivity contribution in [1.82, 2.24) is 4.98 Å². The predicted molar refractivity (Wildman–Crippen MR) is 76.3 cm³/mol. The lowest BCUT2D eigenvalue weighted by molar-refractivity contribution is 0.911. The second-order valence-corrected chi connectivity index (χ2v) is 5.87. The van der Waals surface area contributed by atoms with Gasteiger partial charge in [-0.25, -0.2) is 4.98 Å². The summed E-state index contributed by atoms with van der Waals surface area (Å²) < 4.78 is 0. The number of nitriles is 1. The number of aryl methyl sites for hydroxylation is 3. The molecule has 2 aromatic rings. The summed E-state index contributed by atoms with van der Waals surface area (Å²) in [7, 11) is 0. The highest BCUT2D eigenvalue weighted by Gasteiger charge is 2.12. The Bertz CT molecular complexity index is 671. The Balaban J connectivity index is 1.93. The van der Waals surface area contributed by atoms with Crippen LogP contribution in [0.2, 0.25) is 0 Å². The van der Waals surface area contributed by atoms with Gasteiger partial charge in [-0.15, -0.1) is 0 Å². The molecule has 0 saturated carbocycles. The minimum Gasteiger partial charge on any atom is -0.245 e. The molecule has 1 heterocycles. The Labute approximate surface area is 117 Å². The summed E-state index contributed by atoms with van der Waals surface area (Å²) in [5, 5.41) is 9.94. The van der Waals surface area contributed by atoms with Crippen molar-refractivity contribution in [2.45, 2.75) is 36.1 Å². The fourth-order valence-electron chi connectivity index (χ4n) is 2.42. The average molecular weight is 266 g/mol. The summed E-state index contributed by atoms with van der Waals surface area (Å²) in [6.45, 7) is 1.95. The number of rotatable bonds is 2. The summed E-state index contributed by atoms with van der Waals surface area (Å²) in [6, 6.07) is 12.5. The van der Waals surface area contributed by atoms with Gasteiger partial charge in [0.15, 0.2) is 0 Å². The van der Waals surface area contributed by atoms with Crippen LogP contribution in [0, 0.1) is 18.3 Å². The number of hydrogen-bond acceptors (Lipinski definition) is 3. The maximum absolute atomic E-state index is 9.14. The van der Waals surface area contributed by atoms with Crippen LogP contribution in [0.5, 0.6) is 0 Å². The summed E-state index contributed by atoms with van der Waals surface area (Å²) >= 11 is 1.59. The number of fused-ring (bicyclic) bond motifs is 1. The molecule has 0 saturated heterocycles. The van der Waals surface area contributed by atoms with Gasteiger partial charge in [0.2, 0.25) is 0 Å². The van der Waals surface area contributed by atoms with Crippen molar-refractivity contribution in [2.75, 3.05) is 0 Å². The molecule has 0 aliphatic heterocycles. The number of benzene rings is 1. The number of pyridine rings is 1. The van der Waals surface area contributed by atoms with Crippen LogP contribution in [0.15, 0.2) is 40.3 Å². The van der Waals surface area contributed by atoms with Gasteiger partial charge in [-0.1, -0.05) is 17.8 Å². The summed E-state index contributed by atoms with van der Waals surface area (Å²) in [5.74, 6) is 0. The van der Waals surface area contributed by atoms with E-state index in [0.29, 0.717) is 5.56 Å². The normalized spacial score (nSPS) is 13.1. The largest absolute Gasteiger partial charge is 0.245 e. The third-order valence-electron chi connectivity index (χ3n) is 3.40. The molecule has 1 aromatic heterocycles. The second kappa shape index (κ2) is 5.07. The van der Waals surface area contributed by atoms with E-state index in [1.807, 2.05) is 19.1 Å². The van der Waals surface area contributed by atoms with E-state index in [1.165, 1.54) is 35.3 Å². The summed E-state index contributed by atoms with van der Waals surface area (Å²) in [5.41, 5.74) is 4.52. The molecule has 0 atom stereocenters. The topological polar surface area (TPSA) is 36.7 Å². The zero-order chi connectivity index (χ0) is 13.2. The lowest BCUT2D eigenvalue weighted by atomic mass is 10.1. The van der Waals surface area contributed by atoms with E-state index in [-0.39, 0.29) is 0 Å². The van der Waals surface area contributed by atoms with Crippen molar-refractivity contribution >= 4 is 11.8 Å². The smallest absolute Gasteiger partial charge is 0.119 e. The standard InChI is InChI=1S/C16H14N2S/c1-11-5-6-14(10-17)16(18-11)19-15-8-7-12-3-2-4-13(12)9-15/h5-9H,2-4H2,1H3. The monoisotopic (exact) mass is 266 g/mol. The molecule has 0 radical (unpaired) electrons. The number of hydrogen-bond donors (Lipinski definition) is 0. The van der Waals surface area contributed by atoms with Gasteiger partial charge in [0, 0.05) is 10.6 Å². The quantitative estimate of drug-likeness (QED) is 0.827. The zero-order valence-corrected chi connectivity index (χ0v) is 11.6. The highest BCUT2D eigenvalue weighted by Crippen LogP contribution is 2.32. The molecule has 0 unspecified atom stereocenters. The molecule has 94 valence electrons. The number of aromatic nitrogens is 1. The van der Waals surface area contributed by atoms with Crippen LogP contribution < -0.4 is 0 Å². The maximum atomic E-state index is 9.14. The first kappa shape index (κ1) is 12.3. The molecule has 0 bridgehead atoms. The first-order valence-corrected chi connectivity index (χ1v) is 7.25. The first-order chi connectivity index (χ1) is 9.26. The van der Waals surface area contributed by atoms with Gasteiger partial charge in [-0.3, -0.25) is 0 Å². The Morgan fingerprint density at radius 3 is 2.84 bits per heavy atom. The highest BCUT2D eigenvalue weighted by molar-refractivity contribution is 7.99. The molecule has 19 heavy (non-hydrogen) atoms. The van der Waals surface area contributed by atoms with Crippen LogP contribution in [0.25, 0.3) is 0 Å². The lowest BCUT2D eigenvalue weighted by Crippen LogP contribution is -1.90. The van der Waals surface area contributed by atoms with Gasteiger partial charge in [0.05, 0.1) is 5.56 Å². The van der Waals surface area contributed by atoms with Crippen molar-refractivity contribution in [2.24, 2.45) is 0 Å². The molecule has 1 aromatic carbocycles. The molecule has 0 N–H and O–H groups in total. The third kappa shape index (κ3) is 2.50. The predicted octanol–water partition coefficient (Wildman–Crippen LogP) is 3.90. The molecule has 0 spiro atoms. The van der Waals surface area contributed by atoms with Crippen LogP contribution in [0.4, 0.5) is 0 Å². The van der Waals surface area contributed by atoms with Crippen LogP contribution >= 0.6 is 11.8 Å². The molecular weight excluding hydrogens is 252 g/mol. The van der Waals surface area contributed by atoms with Crippen molar-refractivity contribution in [3.63, 3.8) is 0 Å². The molecule has 1 aliphatic rings. The molecule has 2 nitrogen and oxygen atoms in total. The van der Waals surface area contributed by atoms with E-state index in [4.69, 9.17) is 5.26 Å². The van der Waals surface area contributed by atoms with Crippen LogP contribution in [0.1, 0.15) is 28.8 Å².